The maximum absolute atomic E-state index is 12.4. The van der Waals surface area contributed by atoms with E-state index >= 15 is 0 Å². The first-order valence-electron chi connectivity index (χ1n) is 8.14. The third-order valence-electron chi connectivity index (χ3n) is 4.06. The second-order valence-corrected chi connectivity index (χ2v) is 6.94. The smallest absolute Gasteiger partial charge is 0.410 e. The van der Waals surface area contributed by atoms with E-state index in [9.17, 15) is 14.7 Å². The van der Waals surface area contributed by atoms with Crippen LogP contribution in [0.4, 0.5) is 4.79 Å². The summed E-state index contributed by atoms with van der Waals surface area (Å²) in [7, 11) is 0. The van der Waals surface area contributed by atoms with Crippen LogP contribution in [0.5, 0.6) is 5.75 Å². The van der Waals surface area contributed by atoms with E-state index in [0.29, 0.717) is 37.9 Å². The summed E-state index contributed by atoms with van der Waals surface area (Å²) in [6.45, 7) is 8.52. The predicted octanol–water partition coefficient (Wildman–Crippen LogP) is 2.69. The lowest BCUT2D eigenvalue weighted by Gasteiger charge is -2.34. The Morgan fingerprint density at radius 2 is 1.96 bits per heavy atom. The molecule has 0 spiro atoms. The van der Waals surface area contributed by atoms with Crippen molar-refractivity contribution in [2.45, 2.75) is 58.6 Å². The van der Waals surface area contributed by atoms with Gasteiger partial charge >= 0.3 is 6.09 Å². The molecule has 0 atom stereocenters. The van der Waals surface area contributed by atoms with E-state index in [0.717, 1.165) is 0 Å². The van der Waals surface area contributed by atoms with Gasteiger partial charge in [0.1, 0.15) is 11.4 Å². The molecule has 1 aromatic rings. The molecule has 0 saturated carbocycles. The summed E-state index contributed by atoms with van der Waals surface area (Å²) in [6, 6.07) is 1.62. The van der Waals surface area contributed by atoms with Gasteiger partial charge in [-0.25, -0.2) is 4.79 Å². The quantitative estimate of drug-likeness (QED) is 0.908. The van der Waals surface area contributed by atoms with Gasteiger partial charge in [0.15, 0.2) is 0 Å². The summed E-state index contributed by atoms with van der Waals surface area (Å²) in [5.41, 5.74) is -0.192. The molecule has 1 fully saturated rings. The van der Waals surface area contributed by atoms with Gasteiger partial charge in [-0.3, -0.25) is 4.79 Å². The van der Waals surface area contributed by atoms with Crippen LogP contribution in [0, 0.1) is 0 Å². The zero-order valence-electron chi connectivity index (χ0n) is 14.3. The fraction of sp³-hybridized carbons (Fsp3) is 0.647. The molecule has 0 aliphatic carbocycles. The summed E-state index contributed by atoms with van der Waals surface area (Å²) in [4.78, 5) is 26.2. The highest BCUT2D eigenvalue weighted by molar-refractivity contribution is 5.68. The Labute approximate surface area is 136 Å². The first-order chi connectivity index (χ1) is 10.7. The van der Waals surface area contributed by atoms with Gasteiger partial charge in [-0.1, -0.05) is 6.92 Å². The maximum atomic E-state index is 12.4. The minimum absolute atomic E-state index is 0.0482. The first-order valence-corrected chi connectivity index (χ1v) is 8.14. The number of hydrogen-bond acceptors (Lipinski definition) is 4. The van der Waals surface area contributed by atoms with E-state index in [2.05, 4.69) is 0 Å². The standard InChI is InChI=1S/C17H26N2O4/c1-5-13-14(20)8-11-19(15(13)21)12-6-9-18(10-7-12)16(22)23-17(2,3)4/h8,11-12,20H,5-7,9-10H2,1-4H3. The molecular weight excluding hydrogens is 296 g/mol. The summed E-state index contributed by atoms with van der Waals surface area (Å²) in [5.74, 6) is 0.0555. The van der Waals surface area contributed by atoms with Crippen LogP contribution in [-0.2, 0) is 11.2 Å². The van der Waals surface area contributed by atoms with E-state index in [1.165, 1.54) is 0 Å². The number of carbonyl (C=O) groups excluding carboxylic acids is 1. The predicted molar refractivity (Wildman–Crippen MR) is 87.8 cm³/mol. The first kappa shape index (κ1) is 17.4. The number of nitrogens with zero attached hydrogens (tertiary/aromatic N) is 2. The normalized spacial score (nSPS) is 16.4. The van der Waals surface area contributed by atoms with Crippen LogP contribution in [0.25, 0.3) is 0 Å². The van der Waals surface area contributed by atoms with Crippen molar-refractivity contribution in [1.82, 2.24) is 9.47 Å². The molecule has 0 radical (unpaired) electrons. The fourth-order valence-corrected chi connectivity index (χ4v) is 2.86. The molecule has 0 bridgehead atoms. The zero-order valence-corrected chi connectivity index (χ0v) is 14.3. The average molecular weight is 322 g/mol. The zero-order chi connectivity index (χ0) is 17.2. The Morgan fingerprint density at radius 3 is 2.48 bits per heavy atom. The number of aromatic nitrogens is 1. The van der Waals surface area contributed by atoms with Crippen LogP contribution in [0.3, 0.4) is 0 Å². The summed E-state index contributed by atoms with van der Waals surface area (Å²) < 4.78 is 7.07. The lowest BCUT2D eigenvalue weighted by molar-refractivity contribution is 0.0187. The number of ether oxygens (including phenoxy) is 1. The van der Waals surface area contributed by atoms with Gasteiger partial charge in [-0.15, -0.1) is 0 Å². The molecule has 6 nitrogen and oxygen atoms in total. The van der Waals surface area contributed by atoms with Gasteiger partial charge in [-0.05, 0) is 46.1 Å². The summed E-state index contributed by atoms with van der Waals surface area (Å²) in [5, 5.41) is 9.75. The van der Waals surface area contributed by atoms with Crippen LogP contribution in [0.2, 0.25) is 0 Å². The number of pyridine rings is 1. The van der Waals surface area contributed by atoms with E-state index < -0.39 is 5.60 Å². The molecule has 128 valence electrons. The van der Waals surface area contributed by atoms with Crippen molar-refractivity contribution in [2.24, 2.45) is 0 Å². The van der Waals surface area contributed by atoms with Crippen molar-refractivity contribution >= 4 is 6.09 Å². The topological polar surface area (TPSA) is 71.8 Å². The fourth-order valence-electron chi connectivity index (χ4n) is 2.86. The molecule has 6 heteroatoms. The highest BCUT2D eigenvalue weighted by atomic mass is 16.6. The van der Waals surface area contributed by atoms with Crippen LogP contribution < -0.4 is 5.56 Å². The Balaban J connectivity index is 2.05. The molecular formula is C17H26N2O4. The SMILES string of the molecule is CCc1c(O)ccn(C2CCN(C(=O)OC(C)(C)C)CC2)c1=O. The van der Waals surface area contributed by atoms with Gasteiger partial charge in [0, 0.05) is 25.3 Å². The van der Waals surface area contributed by atoms with E-state index in [4.69, 9.17) is 4.74 Å². The highest BCUT2D eigenvalue weighted by Gasteiger charge is 2.28. The number of aromatic hydroxyl groups is 1. The maximum Gasteiger partial charge on any atom is 0.410 e. The number of carbonyl (C=O) groups is 1. The Bertz CT molecular complexity index is 622. The lowest BCUT2D eigenvalue weighted by Crippen LogP contribution is -2.43. The van der Waals surface area contributed by atoms with Gasteiger partial charge < -0.3 is 19.3 Å². The Hall–Kier alpha value is -1.98. The Morgan fingerprint density at radius 1 is 1.35 bits per heavy atom. The van der Waals surface area contributed by atoms with Crippen molar-refractivity contribution in [2.75, 3.05) is 13.1 Å². The monoisotopic (exact) mass is 322 g/mol. The molecule has 1 aromatic heterocycles. The van der Waals surface area contributed by atoms with Gasteiger partial charge in [-0.2, -0.15) is 0 Å². The lowest BCUT2D eigenvalue weighted by atomic mass is 10.0. The van der Waals surface area contributed by atoms with Crippen LogP contribution in [-0.4, -0.2) is 39.4 Å². The van der Waals surface area contributed by atoms with Crippen molar-refractivity contribution < 1.29 is 14.6 Å². The number of amides is 1. The molecule has 1 saturated heterocycles. The van der Waals surface area contributed by atoms with Gasteiger partial charge in [0.05, 0.1) is 5.56 Å². The van der Waals surface area contributed by atoms with Gasteiger partial charge in [0.2, 0.25) is 0 Å². The number of hydrogen-bond donors (Lipinski definition) is 1. The molecule has 2 rings (SSSR count). The molecule has 1 amide bonds. The Kier molecular flexibility index (Phi) is 5.02. The second kappa shape index (κ2) is 6.64. The molecule has 1 N–H and O–H groups in total. The summed E-state index contributed by atoms with van der Waals surface area (Å²) in [6.07, 6.45) is 3.25. The van der Waals surface area contributed by atoms with E-state index in [1.54, 1.807) is 21.7 Å². The number of likely N-dealkylation sites (tertiary alicyclic amines) is 1. The molecule has 2 heterocycles. The average Bonchev–Trinajstić information content (AvgIpc) is 2.46. The molecule has 1 aliphatic heterocycles. The van der Waals surface area contributed by atoms with Gasteiger partial charge in [0.25, 0.3) is 5.56 Å². The van der Waals surface area contributed by atoms with Crippen LogP contribution in [0.15, 0.2) is 17.1 Å². The minimum atomic E-state index is -0.502. The van der Waals surface area contributed by atoms with Crippen LogP contribution in [0.1, 0.15) is 52.1 Å². The van der Waals surface area contributed by atoms with Crippen molar-refractivity contribution in [3.8, 4) is 5.75 Å². The molecule has 0 unspecified atom stereocenters. The van der Waals surface area contributed by atoms with Crippen molar-refractivity contribution in [3.05, 3.63) is 28.2 Å². The second-order valence-electron chi connectivity index (χ2n) is 6.94. The largest absolute Gasteiger partial charge is 0.507 e. The molecule has 0 aromatic carbocycles. The van der Waals surface area contributed by atoms with Crippen LogP contribution >= 0.6 is 0 Å². The number of piperidine rings is 1. The highest BCUT2D eigenvalue weighted by Crippen LogP contribution is 2.24. The van der Waals surface area contributed by atoms with E-state index in [-0.39, 0.29) is 23.4 Å². The van der Waals surface area contributed by atoms with Crippen molar-refractivity contribution in [1.29, 1.82) is 0 Å². The molecule has 1 aliphatic rings. The third-order valence-corrected chi connectivity index (χ3v) is 4.06. The van der Waals surface area contributed by atoms with E-state index in [1.807, 2.05) is 27.7 Å². The molecule has 23 heavy (non-hydrogen) atoms. The summed E-state index contributed by atoms with van der Waals surface area (Å²) >= 11 is 0. The number of rotatable bonds is 2. The minimum Gasteiger partial charge on any atom is -0.507 e. The van der Waals surface area contributed by atoms with Crippen molar-refractivity contribution in [3.63, 3.8) is 0 Å². The third kappa shape index (κ3) is 4.06.